The second-order valence-electron chi connectivity index (χ2n) is 5.34. The Kier molecular flexibility index (Phi) is 5.87. The van der Waals surface area contributed by atoms with E-state index >= 15 is 0 Å². The van der Waals surface area contributed by atoms with Crippen LogP contribution in [0.3, 0.4) is 0 Å². The van der Waals surface area contributed by atoms with E-state index in [0.29, 0.717) is 16.6 Å². The van der Waals surface area contributed by atoms with Crippen molar-refractivity contribution in [2.45, 2.75) is 26.4 Å². The highest BCUT2D eigenvalue weighted by molar-refractivity contribution is 7.15. The minimum absolute atomic E-state index is 0.0343. The predicted molar refractivity (Wildman–Crippen MR) is 92.9 cm³/mol. The molecule has 0 saturated carbocycles. The van der Waals surface area contributed by atoms with Crippen molar-refractivity contribution in [3.63, 3.8) is 0 Å². The van der Waals surface area contributed by atoms with Crippen molar-refractivity contribution in [2.75, 3.05) is 0 Å². The van der Waals surface area contributed by atoms with Crippen molar-refractivity contribution in [1.29, 1.82) is 0 Å². The van der Waals surface area contributed by atoms with Crippen LogP contribution in [0.4, 0.5) is 0 Å². The lowest BCUT2D eigenvalue weighted by Crippen LogP contribution is -2.40. The van der Waals surface area contributed by atoms with E-state index in [1.807, 2.05) is 38.1 Å². The van der Waals surface area contributed by atoms with Gasteiger partial charge in [-0.2, -0.15) is 0 Å². The number of carboxylic acid groups (broad SMARTS) is 1. The summed E-state index contributed by atoms with van der Waals surface area (Å²) >= 11 is 13.6. The molecule has 22 heavy (non-hydrogen) atoms. The summed E-state index contributed by atoms with van der Waals surface area (Å²) in [6, 6.07) is 8.99. The molecule has 2 N–H and O–H groups in total. The van der Waals surface area contributed by atoms with Gasteiger partial charge in [-0.05, 0) is 35.7 Å². The molecular formula is C16H17Cl2NO2S. The summed E-state index contributed by atoms with van der Waals surface area (Å²) in [5.41, 5.74) is 1.00. The van der Waals surface area contributed by atoms with Crippen LogP contribution in [-0.2, 0) is 11.3 Å². The third-order valence-corrected chi connectivity index (χ3v) is 5.17. The first-order valence-corrected chi connectivity index (χ1v) is 8.46. The van der Waals surface area contributed by atoms with E-state index in [9.17, 15) is 9.90 Å². The third-order valence-electron chi connectivity index (χ3n) is 3.29. The number of thiophene rings is 1. The molecule has 0 amide bonds. The van der Waals surface area contributed by atoms with Crippen molar-refractivity contribution < 1.29 is 9.90 Å². The van der Waals surface area contributed by atoms with Crippen LogP contribution in [0.25, 0.3) is 10.4 Å². The van der Waals surface area contributed by atoms with Gasteiger partial charge in [-0.25, -0.2) is 0 Å². The van der Waals surface area contributed by atoms with E-state index in [0.717, 1.165) is 15.3 Å². The average Bonchev–Trinajstić information content (AvgIpc) is 2.90. The van der Waals surface area contributed by atoms with Gasteiger partial charge in [0.25, 0.3) is 0 Å². The van der Waals surface area contributed by atoms with Crippen molar-refractivity contribution in [3.05, 3.63) is 45.3 Å². The Bertz CT molecular complexity index is 670. The first-order valence-electron chi connectivity index (χ1n) is 6.89. The van der Waals surface area contributed by atoms with Gasteiger partial charge in [0.2, 0.25) is 0 Å². The summed E-state index contributed by atoms with van der Waals surface area (Å²) in [7, 11) is 0. The molecule has 118 valence electrons. The highest BCUT2D eigenvalue weighted by atomic mass is 35.5. The normalized spacial score (nSPS) is 12.6. The topological polar surface area (TPSA) is 49.3 Å². The number of hydrogen-bond donors (Lipinski definition) is 2. The van der Waals surface area contributed by atoms with Crippen LogP contribution in [0.1, 0.15) is 18.7 Å². The fourth-order valence-corrected chi connectivity index (χ4v) is 3.35. The molecule has 0 aliphatic rings. The van der Waals surface area contributed by atoms with Crippen LogP contribution in [0.15, 0.2) is 30.3 Å². The zero-order valence-electron chi connectivity index (χ0n) is 12.3. The van der Waals surface area contributed by atoms with E-state index in [4.69, 9.17) is 23.2 Å². The van der Waals surface area contributed by atoms with Gasteiger partial charge < -0.3 is 5.11 Å². The molecule has 0 radical (unpaired) electrons. The van der Waals surface area contributed by atoms with Crippen LogP contribution >= 0.6 is 34.5 Å². The molecule has 3 nitrogen and oxygen atoms in total. The Labute approximate surface area is 143 Å². The van der Waals surface area contributed by atoms with E-state index in [-0.39, 0.29) is 5.92 Å². The van der Waals surface area contributed by atoms with Crippen molar-refractivity contribution >= 4 is 40.5 Å². The summed E-state index contributed by atoms with van der Waals surface area (Å²) in [4.78, 5) is 13.3. The molecule has 0 aliphatic carbocycles. The van der Waals surface area contributed by atoms with Crippen LogP contribution in [0.2, 0.25) is 10.0 Å². The Morgan fingerprint density at radius 2 is 1.95 bits per heavy atom. The highest BCUT2D eigenvalue weighted by Gasteiger charge is 2.20. The molecule has 1 aromatic heterocycles. The Morgan fingerprint density at radius 3 is 2.55 bits per heavy atom. The minimum atomic E-state index is -0.823. The summed E-state index contributed by atoms with van der Waals surface area (Å²) in [6.45, 7) is 4.31. The molecule has 6 heteroatoms. The van der Waals surface area contributed by atoms with Crippen molar-refractivity contribution in [3.8, 4) is 10.4 Å². The molecule has 2 aromatic rings. The Balaban J connectivity index is 2.08. The monoisotopic (exact) mass is 357 g/mol. The van der Waals surface area contributed by atoms with Gasteiger partial charge in [0.1, 0.15) is 6.04 Å². The number of benzene rings is 1. The molecule has 2 rings (SSSR count). The number of rotatable bonds is 6. The SMILES string of the molecule is CC(C)[C@H](NCc1ccc(-c2ccc(Cl)c(Cl)c2)s1)C(=O)O. The maximum Gasteiger partial charge on any atom is 0.320 e. The van der Waals surface area contributed by atoms with Crippen LogP contribution in [0.5, 0.6) is 0 Å². The summed E-state index contributed by atoms with van der Waals surface area (Å²) in [5.74, 6) is -0.789. The molecule has 0 aliphatic heterocycles. The number of carboxylic acids is 1. The number of halogens is 2. The molecule has 1 heterocycles. The lowest BCUT2D eigenvalue weighted by Gasteiger charge is -2.17. The first kappa shape index (κ1) is 17.3. The van der Waals surface area contributed by atoms with Gasteiger partial charge in [-0.3, -0.25) is 10.1 Å². The maximum absolute atomic E-state index is 11.2. The molecule has 0 saturated heterocycles. The third kappa shape index (κ3) is 4.23. The summed E-state index contributed by atoms with van der Waals surface area (Å²) < 4.78 is 0. The fraction of sp³-hybridized carbons (Fsp3) is 0.312. The number of aliphatic carboxylic acids is 1. The second-order valence-corrected chi connectivity index (χ2v) is 7.32. The molecule has 0 unspecified atom stereocenters. The molecule has 0 fully saturated rings. The number of nitrogens with one attached hydrogen (secondary N) is 1. The second kappa shape index (κ2) is 7.47. The zero-order valence-corrected chi connectivity index (χ0v) is 14.6. The predicted octanol–water partition coefficient (Wildman–Crippen LogP) is 4.92. The van der Waals surface area contributed by atoms with E-state index < -0.39 is 12.0 Å². The first-order chi connectivity index (χ1) is 10.4. The van der Waals surface area contributed by atoms with Crippen LogP contribution < -0.4 is 5.32 Å². The van der Waals surface area contributed by atoms with Crippen LogP contribution in [-0.4, -0.2) is 17.1 Å². The minimum Gasteiger partial charge on any atom is -0.480 e. The average molecular weight is 358 g/mol. The molecule has 0 spiro atoms. The smallest absolute Gasteiger partial charge is 0.320 e. The molecule has 1 aromatic carbocycles. The molecular weight excluding hydrogens is 341 g/mol. The quantitative estimate of drug-likeness (QED) is 0.771. The van der Waals surface area contributed by atoms with Gasteiger partial charge in [0.05, 0.1) is 10.0 Å². The Hall–Kier alpha value is -1.07. The molecule has 0 bridgehead atoms. The molecule has 1 atom stereocenters. The highest BCUT2D eigenvalue weighted by Crippen LogP contribution is 2.32. The summed E-state index contributed by atoms with van der Waals surface area (Å²) in [6.07, 6.45) is 0. The zero-order chi connectivity index (χ0) is 16.3. The standard InChI is InChI=1S/C16H17Cl2NO2S/c1-9(2)15(16(20)21)19-8-11-4-6-14(22-11)10-3-5-12(17)13(18)7-10/h3-7,9,15,19H,8H2,1-2H3,(H,20,21)/t15-/m0/s1. The van der Waals surface area contributed by atoms with E-state index in [2.05, 4.69) is 5.32 Å². The fourth-order valence-electron chi connectivity index (χ4n) is 2.10. The lowest BCUT2D eigenvalue weighted by molar-refractivity contribution is -0.140. The number of hydrogen-bond acceptors (Lipinski definition) is 3. The van der Waals surface area contributed by atoms with Crippen LogP contribution in [0, 0.1) is 5.92 Å². The largest absolute Gasteiger partial charge is 0.480 e. The maximum atomic E-state index is 11.2. The van der Waals surface area contributed by atoms with Gasteiger partial charge in [0, 0.05) is 16.3 Å². The van der Waals surface area contributed by atoms with E-state index in [1.165, 1.54) is 0 Å². The van der Waals surface area contributed by atoms with Gasteiger partial charge in [0.15, 0.2) is 0 Å². The van der Waals surface area contributed by atoms with E-state index in [1.54, 1.807) is 17.4 Å². The lowest BCUT2D eigenvalue weighted by atomic mass is 10.1. The summed E-state index contributed by atoms with van der Waals surface area (Å²) in [5, 5.41) is 13.3. The van der Waals surface area contributed by atoms with Crippen molar-refractivity contribution in [2.24, 2.45) is 5.92 Å². The van der Waals surface area contributed by atoms with Crippen molar-refractivity contribution in [1.82, 2.24) is 5.32 Å². The van der Waals surface area contributed by atoms with Gasteiger partial charge >= 0.3 is 5.97 Å². The van der Waals surface area contributed by atoms with Gasteiger partial charge in [-0.15, -0.1) is 11.3 Å². The Morgan fingerprint density at radius 1 is 1.23 bits per heavy atom. The van der Waals surface area contributed by atoms with Gasteiger partial charge in [-0.1, -0.05) is 43.1 Å². The number of carbonyl (C=O) groups is 1.